The van der Waals surface area contributed by atoms with E-state index >= 15 is 0 Å². The third-order valence-corrected chi connectivity index (χ3v) is 4.85. The van der Waals surface area contributed by atoms with E-state index in [4.69, 9.17) is 4.74 Å². The number of anilines is 1. The van der Waals surface area contributed by atoms with Gasteiger partial charge in [-0.05, 0) is 52.2 Å². The number of pyridine rings is 1. The lowest BCUT2D eigenvalue weighted by Gasteiger charge is -2.26. The number of hydrogen-bond donors (Lipinski definition) is 1. The maximum atomic E-state index is 12.5. The van der Waals surface area contributed by atoms with Crippen molar-refractivity contribution in [3.05, 3.63) is 23.9 Å². The van der Waals surface area contributed by atoms with Crippen LogP contribution >= 0.6 is 0 Å². The molecule has 2 aliphatic rings. The molecule has 1 aromatic rings. The van der Waals surface area contributed by atoms with E-state index in [-0.39, 0.29) is 11.8 Å². The molecule has 2 amide bonds. The van der Waals surface area contributed by atoms with Crippen molar-refractivity contribution in [3.63, 3.8) is 0 Å². The molecule has 3 heterocycles. The van der Waals surface area contributed by atoms with E-state index in [0.717, 1.165) is 0 Å². The quantitative estimate of drug-likeness (QED) is 0.642. The van der Waals surface area contributed by atoms with Crippen LogP contribution in [0.15, 0.2) is 18.3 Å². The highest BCUT2D eigenvalue weighted by Crippen LogP contribution is 2.39. The summed E-state index contributed by atoms with van der Waals surface area (Å²) in [5, 5.41) is 2.50. The number of esters is 1. The number of aromatic nitrogens is 1. The number of ether oxygens (including phenoxy) is 1. The minimum Gasteiger partial charge on any atom is -0.456 e. The van der Waals surface area contributed by atoms with Gasteiger partial charge >= 0.3 is 5.97 Å². The standard InChI is InChI=1S/C19H25N3O4/c1-18(2,3)26-16(24)13-6-9-20-14(11-13)22-10-8-19(12-22)7-4-5-15(23)21-17(19)25/h6,9,11H,4-5,7-8,10,12H2,1-3H3,(H,21,23,25). The van der Waals surface area contributed by atoms with Gasteiger partial charge in [0.15, 0.2) is 0 Å². The van der Waals surface area contributed by atoms with Crippen molar-refractivity contribution in [1.29, 1.82) is 0 Å². The van der Waals surface area contributed by atoms with Crippen LogP contribution in [0.5, 0.6) is 0 Å². The molecule has 2 saturated heterocycles. The molecular weight excluding hydrogens is 334 g/mol. The van der Waals surface area contributed by atoms with Crippen molar-refractivity contribution in [2.24, 2.45) is 5.41 Å². The van der Waals surface area contributed by atoms with Gasteiger partial charge in [0.2, 0.25) is 11.8 Å². The molecule has 0 radical (unpaired) electrons. The average molecular weight is 359 g/mol. The molecule has 7 heteroatoms. The van der Waals surface area contributed by atoms with Crippen molar-refractivity contribution >= 4 is 23.6 Å². The van der Waals surface area contributed by atoms with E-state index in [0.29, 0.717) is 50.2 Å². The molecule has 1 N–H and O–H groups in total. The fourth-order valence-electron chi connectivity index (χ4n) is 3.54. The van der Waals surface area contributed by atoms with Gasteiger partial charge in [-0.2, -0.15) is 0 Å². The van der Waals surface area contributed by atoms with Gasteiger partial charge in [0.25, 0.3) is 0 Å². The lowest BCUT2D eigenvalue weighted by Crippen LogP contribution is -2.43. The Balaban J connectivity index is 1.77. The van der Waals surface area contributed by atoms with E-state index in [1.54, 1.807) is 18.3 Å². The number of nitrogens with one attached hydrogen (secondary N) is 1. The highest BCUT2D eigenvalue weighted by atomic mass is 16.6. The van der Waals surface area contributed by atoms with Crippen LogP contribution in [0.2, 0.25) is 0 Å². The number of rotatable bonds is 2. The fraction of sp³-hybridized carbons (Fsp3) is 0.579. The Labute approximate surface area is 153 Å². The summed E-state index contributed by atoms with van der Waals surface area (Å²) in [6, 6.07) is 3.33. The molecule has 26 heavy (non-hydrogen) atoms. The van der Waals surface area contributed by atoms with E-state index in [2.05, 4.69) is 10.3 Å². The smallest absolute Gasteiger partial charge is 0.338 e. The summed E-state index contributed by atoms with van der Waals surface area (Å²) in [5.74, 6) is -0.136. The van der Waals surface area contributed by atoms with Crippen LogP contribution in [0.25, 0.3) is 0 Å². The minimum absolute atomic E-state index is 0.189. The van der Waals surface area contributed by atoms with Gasteiger partial charge in [0, 0.05) is 25.7 Å². The number of nitrogens with zero attached hydrogens (tertiary/aromatic N) is 2. The van der Waals surface area contributed by atoms with Gasteiger partial charge in [-0.3, -0.25) is 14.9 Å². The lowest BCUT2D eigenvalue weighted by atomic mass is 9.82. The second-order valence-electron chi connectivity index (χ2n) is 8.09. The first-order chi connectivity index (χ1) is 12.2. The molecule has 1 atom stereocenters. The lowest BCUT2D eigenvalue weighted by molar-refractivity contribution is -0.134. The van der Waals surface area contributed by atoms with Gasteiger partial charge in [0.05, 0.1) is 11.0 Å². The van der Waals surface area contributed by atoms with Crippen LogP contribution in [-0.2, 0) is 14.3 Å². The number of carbonyl (C=O) groups excluding carboxylic acids is 3. The van der Waals surface area contributed by atoms with Crippen molar-refractivity contribution < 1.29 is 19.1 Å². The SMILES string of the molecule is CC(C)(C)OC(=O)c1ccnc(N2CCC3(CCCC(=O)NC3=O)C2)c1. The largest absolute Gasteiger partial charge is 0.456 e. The van der Waals surface area contributed by atoms with Gasteiger partial charge in [-0.15, -0.1) is 0 Å². The zero-order valence-electron chi connectivity index (χ0n) is 15.5. The Morgan fingerprint density at radius 3 is 2.81 bits per heavy atom. The molecule has 2 fully saturated rings. The van der Waals surface area contributed by atoms with Crippen LogP contribution in [0.3, 0.4) is 0 Å². The summed E-state index contributed by atoms with van der Waals surface area (Å²) >= 11 is 0. The topological polar surface area (TPSA) is 88.6 Å². The summed E-state index contributed by atoms with van der Waals surface area (Å²) in [6.07, 6.45) is 4.03. The molecule has 1 aromatic heterocycles. The molecule has 0 aliphatic carbocycles. The monoisotopic (exact) mass is 359 g/mol. The maximum Gasteiger partial charge on any atom is 0.338 e. The minimum atomic E-state index is -0.566. The second kappa shape index (κ2) is 6.70. The number of carbonyl (C=O) groups is 3. The van der Waals surface area contributed by atoms with E-state index in [1.807, 2.05) is 25.7 Å². The zero-order chi connectivity index (χ0) is 18.9. The second-order valence-corrected chi connectivity index (χ2v) is 8.09. The number of hydrogen-bond acceptors (Lipinski definition) is 6. The normalized spacial score (nSPS) is 23.7. The summed E-state index contributed by atoms with van der Waals surface area (Å²) < 4.78 is 5.41. The summed E-state index contributed by atoms with van der Waals surface area (Å²) in [7, 11) is 0. The van der Waals surface area contributed by atoms with Crippen molar-refractivity contribution in [2.75, 3.05) is 18.0 Å². The summed E-state index contributed by atoms with van der Waals surface area (Å²) in [6.45, 7) is 6.62. The zero-order valence-corrected chi connectivity index (χ0v) is 15.5. The molecule has 1 spiro atoms. The maximum absolute atomic E-state index is 12.5. The van der Waals surface area contributed by atoms with Gasteiger partial charge < -0.3 is 9.64 Å². The van der Waals surface area contributed by atoms with E-state index < -0.39 is 17.0 Å². The van der Waals surface area contributed by atoms with Crippen LogP contribution < -0.4 is 10.2 Å². The van der Waals surface area contributed by atoms with E-state index in [9.17, 15) is 14.4 Å². The molecule has 0 aromatic carbocycles. The third kappa shape index (κ3) is 3.86. The molecular formula is C19H25N3O4. The van der Waals surface area contributed by atoms with Crippen LogP contribution in [0, 0.1) is 5.41 Å². The summed E-state index contributed by atoms with van der Waals surface area (Å²) in [4.78, 5) is 42.8. The average Bonchev–Trinajstić information content (AvgIpc) is 2.93. The molecule has 0 saturated carbocycles. The number of amides is 2. The van der Waals surface area contributed by atoms with Crippen molar-refractivity contribution in [3.8, 4) is 0 Å². The predicted molar refractivity (Wildman–Crippen MR) is 95.7 cm³/mol. The molecule has 0 bridgehead atoms. The highest BCUT2D eigenvalue weighted by Gasteiger charge is 2.46. The van der Waals surface area contributed by atoms with Gasteiger partial charge in [-0.25, -0.2) is 9.78 Å². The van der Waals surface area contributed by atoms with Crippen LogP contribution in [0.1, 0.15) is 56.8 Å². The molecule has 1 unspecified atom stereocenters. The van der Waals surface area contributed by atoms with Crippen LogP contribution in [-0.4, -0.2) is 41.5 Å². The first-order valence-corrected chi connectivity index (χ1v) is 8.97. The Kier molecular flexibility index (Phi) is 4.73. The first-order valence-electron chi connectivity index (χ1n) is 8.97. The predicted octanol–water partition coefficient (Wildman–Crippen LogP) is 2.06. The highest BCUT2D eigenvalue weighted by molar-refractivity contribution is 5.99. The Morgan fingerprint density at radius 2 is 2.08 bits per heavy atom. The Bertz CT molecular complexity index is 741. The van der Waals surface area contributed by atoms with Crippen molar-refractivity contribution in [2.45, 2.75) is 52.1 Å². The third-order valence-electron chi connectivity index (χ3n) is 4.85. The molecule has 3 rings (SSSR count). The van der Waals surface area contributed by atoms with Gasteiger partial charge in [0.1, 0.15) is 11.4 Å². The van der Waals surface area contributed by atoms with Crippen molar-refractivity contribution in [1.82, 2.24) is 10.3 Å². The fourth-order valence-corrected chi connectivity index (χ4v) is 3.54. The van der Waals surface area contributed by atoms with E-state index in [1.165, 1.54) is 0 Å². The summed E-state index contributed by atoms with van der Waals surface area (Å²) in [5.41, 5.74) is -0.690. The molecule has 2 aliphatic heterocycles. The molecule has 7 nitrogen and oxygen atoms in total. The first kappa shape index (κ1) is 18.4. The van der Waals surface area contributed by atoms with Gasteiger partial charge in [-0.1, -0.05) is 0 Å². The Hall–Kier alpha value is -2.44. The van der Waals surface area contributed by atoms with Crippen LogP contribution in [0.4, 0.5) is 5.82 Å². The number of imide groups is 1. The Morgan fingerprint density at radius 1 is 1.31 bits per heavy atom. The molecule has 140 valence electrons.